The molecule has 2 aromatic heterocycles. The van der Waals surface area contributed by atoms with Crippen LogP contribution in [0, 0.1) is 12.8 Å². The van der Waals surface area contributed by atoms with Crippen molar-refractivity contribution in [3.63, 3.8) is 0 Å². The molecule has 0 unspecified atom stereocenters. The molecule has 0 aliphatic carbocycles. The van der Waals surface area contributed by atoms with Gasteiger partial charge in [-0.05, 0) is 25.5 Å². The van der Waals surface area contributed by atoms with Gasteiger partial charge in [0.2, 0.25) is 0 Å². The minimum atomic E-state index is -0.367. The van der Waals surface area contributed by atoms with Crippen LogP contribution in [0.25, 0.3) is 10.8 Å². The van der Waals surface area contributed by atoms with E-state index < -0.39 is 0 Å². The van der Waals surface area contributed by atoms with Gasteiger partial charge in [-0.25, -0.2) is 9.78 Å². The van der Waals surface area contributed by atoms with Crippen molar-refractivity contribution in [2.24, 2.45) is 5.92 Å². The normalized spacial score (nSPS) is 23.4. The van der Waals surface area contributed by atoms with Crippen molar-refractivity contribution in [1.29, 1.82) is 0 Å². The van der Waals surface area contributed by atoms with Crippen LogP contribution in [0.2, 0.25) is 0 Å². The van der Waals surface area contributed by atoms with Gasteiger partial charge in [0.1, 0.15) is 11.5 Å². The molecule has 2 atom stereocenters. The van der Waals surface area contributed by atoms with E-state index in [0.29, 0.717) is 36.2 Å². The van der Waals surface area contributed by atoms with Crippen LogP contribution in [-0.4, -0.2) is 47.6 Å². The molecule has 126 valence electrons. The molecule has 2 fully saturated rings. The number of amides is 2. The lowest BCUT2D eigenvalue weighted by Gasteiger charge is -2.40. The summed E-state index contributed by atoms with van der Waals surface area (Å²) in [6, 6.07) is 3.82. The van der Waals surface area contributed by atoms with E-state index in [2.05, 4.69) is 10.3 Å². The molecule has 2 saturated heterocycles. The van der Waals surface area contributed by atoms with Gasteiger partial charge in [-0.1, -0.05) is 0 Å². The largest absolute Gasteiger partial charge is 0.459 e. The SMILES string of the molecule is Cc1ccc(-c2nc(C(=O)N3CC[C@@H]4NC(=O)OC[C@H]4C3)cs2)o1. The second-order valence-electron chi connectivity index (χ2n) is 6.10. The molecule has 2 aromatic rings. The maximum Gasteiger partial charge on any atom is 0.407 e. The number of nitrogens with one attached hydrogen (secondary N) is 1. The van der Waals surface area contributed by atoms with Crippen LogP contribution in [-0.2, 0) is 4.74 Å². The molecular weight excluding hydrogens is 330 g/mol. The topological polar surface area (TPSA) is 84.7 Å². The van der Waals surface area contributed by atoms with Crippen molar-refractivity contribution in [2.75, 3.05) is 19.7 Å². The molecular formula is C16H17N3O4S. The summed E-state index contributed by atoms with van der Waals surface area (Å²) in [4.78, 5) is 30.2. The summed E-state index contributed by atoms with van der Waals surface area (Å²) in [6.07, 6.45) is 0.369. The fourth-order valence-corrected chi connectivity index (χ4v) is 3.90. The van der Waals surface area contributed by atoms with Gasteiger partial charge >= 0.3 is 6.09 Å². The number of cyclic esters (lactones) is 1. The Bertz CT molecular complexity index is 784. The van der Waals surface area contributed by atoms with E-state index in [1.165, 1.54) is 11.3 Å². The molecule has 2 aliphatic rings. The summed E-state index contributed by atoms with van der Waals surface area (Å²) in [7, 11) is 0. The van der Waals surface area contributed by atoms with Crippen molar-refractivity contribution < 1.29 is 18.7 Å². The first kappa shape index (κ1) is 15.2. The number of piperidine rings is 1. The highest BCUT2D eigenvalue weighted by molar-refractivity contribution is 7.13. The van der Waals surface area contributed by atoms with E-state index in [9.17, 15) is 9.59 Å². The molecule has 0 saturated carbocycles. The monoisotopic (exact) mass is 347 g/mol. The van der Waals surface area contributed by atoms with Gasteiger partial charge < -0.3 is 19.4 Å². The third-order valence-electron chi connectivity index (χ3n) is 4.43. The molecule has 2 amide bonds. The summed E-state index contributed by atoms with van der Waals surface area (Å²) in [5, 5.41) is 5.29. The van der Waals surface area contributed by atoms with Crippen LogP contribution in [0.5, 0.6) is 0 Å². The van der Waals surface area contributed by atoms with Crippen LogP contribution in [0.15, 0.2) is 21.9 Å². The maximum atomic E-state index is 12.7. The number of aryl methyl sites for hydroxylation is 1. The quantitative estimate of drug-likeness (QED) is 0.901. The van der Waals surface area contributed by atoms with E-state index in [4.69, 9.17) is 9.15 Å². The number of carbonyl (C=O) groups is 2. The van der Waals surface area contributed by atoms with Crippen LogP contribution in [0.3, 0.4) is 0 Å². The molecule has 8 heteroatoms. The number of carbonyl (C=O) groups excluding carboxylic acids is 2. The van der Waals surface area contributed by atoms with Crippen LogP contribution in [0.1, 0.15) is 22.7 Å². The summed E-state index contributed by atoms with van der Waals surface area (Å²) in [5.74, 6) is 1.54. The standard InChI is InChI=1S/C16H17N3O4S/c1-9-2-3-13(23-9)14-17-12(8-24-14)15(20)19-5-4-11-10(6-19)7-22-16(21)18-11/h2-3,8,10-11H,4-7H2,1H3,(H,18,21)/t10-,11+/m1/s1. The number of nitrogens with zero attached hydrogens (tertiary/aromatic N) is 2. The number of hydrogen-bond donors (Lipinski definition) is 1. The molecule has 0 radical (unpaired) electrons. The van der Waals surface area contributed by atoms with Crippen LogP contribution in [0.4, 0.5) is 4.79 Å². The number of thiazole rings is 1. The number of fused-ring (bicyclic) bond motifs is 1. The van der Waals surface area contributed by atoms with Gasteiger partial charge in [-0.2, -0.15) is 0 Å². The first-order valence-corrected chi connectivity index (χ1v) is 8.73. The number of hydrogen-bond acceptors (Lipinski definition) is 6. The average Bonchev–Trinajstić information content (AvgIpc) is 3.22. The van der Waals surface area contributed by atoms with E-state index in [0.717, 1.165) is 12.2 Å². The zero-order chi connectivity index (χ0) is 16.7. The molecule has 24 heavy (non-hydrogen) atoms. The third kappa shape index (κ3) is 2.77. The van der Waals surface area contributed by atoms with Crippen LogP contribution < -0.4 is 5.32 Å². The van der Waals surface area contributed by atoms with E-state index in [1.807, 2.05) is 19.1 Å². The van der Waals surface area contributed by atoms with E-state index in [-0.39, 0.29) is 24.0 Å². The number of furan rings is 1. The number of aromatic nitrogens is 1. The predicted molar refractivity (Wildman–Crippen MR) is 86.8 cm³/mol. The Balaban J connectivity index is 1.46. The van der Waals surface area contributed by atoms with Gasteiger partial charge in [-0.15, -0.1) is 11.3 Å². The van der Waals surface area contributed by atoms with Crippen molar-refractivity contribution in [1.82, 2.24) is 15.2 Å². The molecule has 1 N–H and O–H groups in total. The molecule has 7 nitrogen and oxygen atoms in total. The van der Waals surface area contributed by atoms with Gasteiger partial charge in [0.25, 0.3) is 5.91 Å². The maximum absolute atomic E-state index is 12.7. The Morgan fingerprint density at radius 2 is 2.33 bits per heavy atom. The highest BCUT2D eigenvalue weighted by Gasteiger charge is 2.37. The Morgan fingerprint density at radius 1 is 1.46 bits per heavy atom. The number of alkyl carbamates (subject to hydrolysis) is 1. The average molecular weight is 347 g/mol. The lowest BCUT2D eigenvalue weighted by molar-refractivity contribution is 0.0322. The first-order chi connectivity index (χ1) is 11.6. The van der Waals surface area contributed by atoms with Crippen LogP contribution >= 0.6 is 11.3 Å². The van der Waals surface area contributed by atoms with E-state index in [1.54, 1.807) is 10.3 Å². The minimum Gasteiger partial charge on any atom is -0.459 e. The lowest BCUT2D eigenvalue weighted by atomic mass is 9.92. The molecule has 0 spiro atoms. The second kappa shape index (κ2) is 5.94. The number of likely N-dealkylation sites (tertiary alicyclic amines) is 1. The number of rotatable bonds is 2. The Hall–Kier alpha value is -2.35. The minimum absolute atomic E-state index is 0.0869. The second-order valence-corrected chi connectivity index (χ2v) is 6.96. The molecule has 4 rings (SSSR count). The lowest BCUT2D eigenvalue weighted by Crippen LogP contribution is -2.57. The molecule has 2 aliphatic heterocycles. The van der Waals surface area contributed by atoms with Gasteiger partial charge in [0.15, 0.2) is 10.8 Å². The van der Waals surface area contributed by atoms with Crippen molar-refractivity contribution in [2.45, 2.75) is 19.4 Å². The van der Waals surface area contributed by atoms with Gasteiger partial charge in [0.05, 0.1) is 6.61 Å². The number of ether oxygens (including phenoxy) is 1. The van der Waals surface area contributed by atoms with Crippen molar-refractivity contribution >= 4 is 23.3 Å². The molecule has 0 bridgehead atoms. The highest BCUT2D eigenvalue weighted by Crippen LogP contribution is 2.27. The highest BCUT2D eigenvalue weighted by atomic mass is 32.1. The van der Waals surface area contributed by atoms with E-state index >= 15 is 0 Å². The first-order valence-electron chi connectivity index (χ1n) is 7.85. The predicted octanol–water partition coefficient (Wildman–Crippen LogP) is 2.28. The molecule has 4 heterocycles. The Kier molecular flexibility index (Phi) is 3.76. The zero-order valence-electron chi connectivity index (χ0n) is 13.2. The summed E-state index contributed by atoms with van der Waals surface area (Å²) >= 11 is 1.40. The Morgan fingerprint density at radius 3 is 3.12 bits per heavy atom. The summed E-state index contributed by atoms with van der Waals surface area (Å²) in [6.45, 7) is 3.40. The Labute approximate surface area is 142 Å². The van der Waals surface area contributed by atoms with Crippen molar-refractivity contribution in [3.8, 4) is 10.8 Å². The smallest absolute Gasteiger partial charge is 0.407 e. The molecule has 0 aromatic carbocycles. The summed E-state index contributed by atoms with van der Waals surface area (Å²) in [5.41, 5.74) is 0.434. The van der Waals surface area contributed by atoms with Gasteiger partial charge in [-0.3, -0.25) is 4.79 Å². The summed E-state index contributed by atoms with van der Waals surface area (Å²) < 4.78 is 10.6. The van der Waals surface area contributed by atoms with Crippen molar-refractivity contribution in [3.05, 3.63) is 29.0 Å². The third-order valence-corrected chi connectivity index (χ3v) is 5.28. The zero-order valence-corrected chi connectivity index (χ0v) is 14.0. The fraction of sp³-hybridized carbons (Fsp3) is 0.438. The van der Waals surface area contributed by atoms with Gasteiger partial charge in [0, 0.05) is 30.4 Å². The fourth-order valence-electron chi connectivity index (χ4n) is 3.15.